The van der Waals surface area contributed by atoms with Gasteiger partial charge in [0.2, 0.25) is 0 Å². The van der Waals surface area contributed by atoms with Gasteiger partial charge in [-0.3, -0.25) is 0 Å². The van der Waals surface area contributed by atoms with E-state index in [2.05, 4.69) is 0 Å². The van der Waals surface area contributed by atoms with E-state index in [1.54, 1.807) is 0 Å². The van der Waals surface area contributed by atoms with Crippen molar-refractivity contribution < 1.29 is 58.7 Å². The van der Waals surface area contributed by atoms with Crippen LogP contribution in [-0.4, -0.2) is 125 Å². The Labute approximate surface area is 184 Å². The summed E-state index contributed by atoms with van der Waals surface area (Å²) in [6.07, 6.45) is -5.26. The van der Waals surface area contributed by atoms with Crippen LogP contribution < -0.4 is 0 Å². The van der Waals surface area contributed by atoms with Gasteiger partial charge >= 0.3 is 0 Å². The summed E-state index contributed by atoms with van der Waals surface area (Å²) >= 11 is 0. The molecule has 11 atom stereocenters. The number of ether oxygens (including phenoxy) is 7. The highest BCUT2D eigenvalue weighted by molar-refractivity contribution is 5.32. The zero-order chi connectivity index (χ0) is 22.5. The van der Waals surface area contributed by atoms with Crippen LogP contribution in [0.1, 0.15) is 25.7 Å². The summed E-state index contributed by atoms with van der Waals surface area (Å²) in [6.45, 7) is 1.09. The third-order valence-electron chi connectivity index (χ3n) is 6.98. The summed E-state index contributed by atoms with van der Waals surface area (Å²) in [4.78, 5) is 0. The fraction of sp³-hybridized carbons (Fsp3) is 1.00. The highest BCUT2D eigenvalue weighted by Crippen LogP contribution is 2.56. The molecule has 1 unspecified atom stereocenters. The molecule has 184 valence electrons. The van der Waals surface area contributed by atoms with Crippen LogP contribution in [0.3, 0.4) is 0 Å². The lowest BCUT2D eigenvalue weighted by atomic mass is 10.0. The predicted molar refractivity (Wildman–Crippen MR) is 101 cm³/mol. The van der Waals surface area contributed by atoms with Gasteiger partial charge in [-0.2, -0.15) is 0 Å². The average molecular weight is 464 g/mol. The maximum Gasteiger partial charge on any atom is 0.192 e. The summed E-state index contributed by atoms with van der Waals surface area (Å²) in [5, 5.41) is 51.3. The highest BCUT2D eigenvalue weighted by Gasteiger charge is 2.85. The molecule has 4 saturated heterocycles. The van der Waals surface area contributed by atoms with Gasteiger partial charge in [0, 0.05) is 13.0 Å². The minimum Gasteiger partial charge on any atom is -0.388 e. The van der Waals surface area contributed by atoms with Crippen LogP contribution in [-0.2, 0) is 33.2 Å². The molecule has 0 aromatic rings. The monoisotopic (exact) mass is 464 g/mol. The Bertz CT molecular complexity index is 652. The lowest BCUT2D eigenvalue weighted by molar-refractivity contribution is -0.327. The van der Waals surface area contributed by atoms with Crippen molar-refractivity contribution in [2.24, 2.45) is 0 Å². The zero-order valence-electron chi connectivity index (χ0n) is 17.7. The smallest absolute Gasteiger partial charge is 0.192 e. The molecule has 5 N–H and O–H groups in total. The minimum atomic E-state index is -2.00. The maximum atomic E-state index is 10.7. The Morgan fingerprint density at radius 1 is 0.812 bits per heavy atom. The first kappa shape index (κ1) is 23.3. The van der Waals surface area contributed by atoms with E-state index in [1.807, 2.05) is 0 Å². The molecule has 5 rings (SSSR count). The average Bonchev–Trinajstić information content (AvgIpc) is 3.08. The number of rotatable bonds is 6. The number of aliphatic hydroxyl groups is 5. The van der Waals surface area contributed by atoms with Crippen LogP contribution in [0.4, 0.5) is 0 Å². The van der Waals surface area contributed by atoms with Crippen molar-refractivity contribution in [3.63, 3.8) is 0 Å². The second-order valence-electron chi connectivity index (χ2n) is 9.23. The van der Waals surface area contributed by atoms with Crippen molar-refractivity contribution in [2.45, 2.75) is 92.4 Å². The lowest BCUT2D eigenvalue weighted by Gasteiger charge is -2.41. The summed E-state index contributed by atoms with van der Waals surface area (Å²) in [5.74, 6) is 0. The molecule has 0 aromatic carbocycles. The highest BCUT2D eigenvalue weighted by atomic mass is 16.7. The summed E-state index contributed by atoms with van der Waals surface area (Å²) in [7, 11) is 0. The molecule has 4 heterocycles. The molecule has 0 bridgehead atoms. The van der Waals surface area contributed by atoms with E-state index in [-0.39, 0.29) is 38.3 Å². The largest absolute Gasteiger partial charge is 0.388 e. The van der Waals surface area contributed by atoms with Crippen molar-refractivity contribution in [3.05, 3.63) is 0 Å². The van der Waals surface area contributed by atoms with Crippen molar-refractivity contribution in [3.8, 4) is 0 Å². The summed E-state index contributed by atoms with van der Waals surface area (Å²) in [6, 6.07) is 0. The van der Waals surface area contributed by atoms with Gasteiger partial charge in [0.25, 0.3) is 0 Å². The van der Waals surface area contributed by atoms with Crippen molar-refractivity contribution in [1.82, 2.24) is 0 Å². The molecule has 1 aliphatic carbocycles. The molecule has 12 nitrogen and oxygen atoms in total. The molecule has 0 aromatic heterocycles. The Morgan fingerprint density at radius 2 is 1.62 bits per heavy atom. The fourth-order valence-corrected chi connectivity index (χ4v) is 4.85. The van der Waals surface area contributed by atoms with E-state index in [4.69, 9.17) is 33.2 Å². The van der Waals surface area contributed by atoms with E-state index in [1.165, 1.54) is 0 Å². The Balaban J connectivity index is 1.11. The quantitative estimate of drug-likeness (QED) is 0.278. The molecular weight excluding hydrogens is 432 g/mol. The second kappa shape index (κ2) is 8.95. The zero-order valence-corrected chi connectivity index (χ0v) is 17.7. The van der Waals surface area contributed by atoms with E-state index in [0.717, 1.165) is 19.4 Å². The summed E-state index contributed by atoms with van der Waals surface area (Å²) in [5.41, 5.74) is -3.81. The van der Waals surface area contributed by atoms with Gasteiger partial charge < -0.3 is 58.7 Å². The first-order valence-electron chi connectivity index (χ1n) is 11.2. The van der Waals surface area contributed by atoms with E-state index in [0.29, 0.717) is 19.4 Å². The Morgan fingerprint density at radius 3 is 2.28 bits per heavy atom. The van der Waals surface area contributed by atoms with Crippen LogP contribution in [0.25, 0.3) is 0 Å². The van der Waals surface area contributed by atoms with Crippen LogP contribution in [0.5, 0.6) is 0 Å². The molecule has 4 aliphatic heterocycles. The number of hydrogen-bond donors (Lipinski definition) is 5. The molecular formula is C20H32O12. The third kappa shape index (κ3) is 4.00. The number of fused-ring (bicyclic) bond motifs is 1. The topological polar surface area (TPSA) is 166 Å². The van der Waals surface area contributed by atoms with Crippen LogP contribution in [0.15, 0.2) is 0 Å². The molecule has 12 heteroatoms. The minimum absolute atomic E-state index is 0.0318. The normalized spacial score (nSPS) is 53.7. The molecule has 5 aliphatic rings. The first-order chi connectivity index (χ1) is 15.3. The first-order valence-corrected chi connectivity index (χ1v) is 11.2. The Hall–Kier alpha value is -0.480. The van der Waals surface area contributed by atoms with Crippen LogP contribution in [0.2, 0.25) is 0 Å². The second-order valence-corrected chi connectivity index (χ2v) is 9.23. The molecule has 32 heavy (non-hydrogen) atoms. The van der Waals surface area contributed by atoms with Gasteiger partial charge in [0.05, 0.1) is 38.6 Å². The van der Waals surface area contributed by atoms with Gasteiger partial charge in [-0.25, -0.2) is 0 Å². The fourth-order valence-electron chi connectivity index (χ4n) is 4.85. The van der Waals surface area contributed by atoms with Crippen molar-refractivity contribution in [1.29, 1.82) is 0 Å². The van der Waals surface area contributed by atoms with Crippen molar-refractivity contribution in [2.75, 3.05) is 33.0 Å². The summed E-state index contributed by atoms with van der Waals surface area (Å²) < 4.78 is 39.2. The van der Waals surface area contributed by atoms with Crippen LogP contribution >= 0.6 is 0 Å². The van der Waals surface area contributed by atoms with Gasteiger partial charge in [-0.05, 0) is 19.3 Å². The van der Waals surface area contributed by atoms with Crippen LogP contribution in [0, 0.1) is 0 Å². The molecule has 0 radical (unpaired) electrons. The molecule has 0 spiro atoms. The lowest BCUT2D eigenvalue weighted by Crippen LogP contribution is -2.58. The van der Waals surface area contributed by atoms with Gasteiger partial charge in [0.1, 0.15) is 24.4 Å². The van der Waals surface area contributed by atoms with E-state index >= 15 is 0 Å². The van der Waals surface area contributed by atoms with Gasteiger partial charge in [0.15, 0.2) is 30.1 Å². The Kier molecular flexibility index (Phi) is 6.51. The predicted octanol–water partition coefficient (Wildman–Crippen LogP) is -2.64. The standard InChI is InChI=1S/C20H32O12/c21-12-8-28-16(14(22)15(12)32-18-20(25)17(23)19(20,24)9-29-18)31-11-3-4-13(27-7-11)30-10-2-1-5-26-6-10/h10-18,21-25H,1-9H2/t10-,11-,12-,13+,14-,15+,16+,17?,18+,19+,20+/m1/s1. The number of aliphatic hydroxyl groups excluding tert-OH is 3. The maximum absolute atomic E-state index is 10.7. The van der Waals surface area contributed by atoms with E-state index in [9.17, 15) is 25.5 Å². The molecule has 0 amide bonds. The van der Waals surface area contributed by atoms with Gasteiger partial charge in [-0.1, -0.05) is 0 Å². The van der Waals surface area contributed by atoms with E-state index < -0.39 is 48.2 Å². The van der Waals surface area contributed by atoms with Crippen molar-refractivity contribution >= 4 is 0 Å². The van der Waals surface area contributed by atoms with Gasteiger partial charge in [-0.15, -0.1) is 0 Å². The molecule has 1 saturated carbocycles. The SMILES string of the molecule is OC1[C@@]2(O)CO[C@@H](O[C@@H]3[C@@H](O)[C@H](O[C@@H]4CC[C@H](O[C@@H]5CCCOC5)OC4)OC[C@H]3O)[C@@]12O. The third-order valence-corrected chi connectivity index (χ3v) is 6.98. The molecule has 5 fully saturated rings. The number of hydrogen-bond acceptors (Lipinski definition) is 12.